The van der Waals surface area contributed by atoms with Crippen LogP contribution in [0.4, 0.5) is 11.5 Å². The van der Waals surface area contributed by atoms with E-state index in [1.165, 1.54) is 24.7 Å². The number of primary amides is 1. The van der Waals surface area contributed by atoms with E-state index in [1.807, 2.05) is 0 Å². The maximum Gasteiger partial charge on any atom is 0.255 e. The van der Waals surface area contributed by atoms with Gasteiger partial charge >= 0.3 is 0 Å². The molecular formula is C18H16ClN5O2. The van der Waals surface area contributed by atoms with Gasteiger partial charge in [-0.2, -0.15) is 0 Å². The number of halogens is 1. The van der Waals surface area contributed by atoms with Crippen molar-refractivity contribution in [3.05, 3.63) is 83.3 Å². The maximum absolute atomic E-state index is 11.8. The molecule has 132 valence electrons. The molecule has 0 unspecified atom stereocenters. The summed E-state index contributed by atoms with van der Waals surface area (Å²) in [5, 5.41) is 3.35. The fraction of sp³-hybridized carbons (Fsp3) is 0. The van der Waals surface area contributed by atoms with Gasteiger partial charge < -0.3 is 16.8 Å². The molecule has 0 aliphatic rings. The second-order valence-electron chi connectivity index (χ2n) is 5.03. The molecule has 2 aromatic heterocycles. The molecule has 5 N–H and O–H groups in total. The van der Waals surface area contributed by atoms with E-state index in [1.54, 1.807) is 42.5 Å². The van der Waals surface area contributed by atoms with E-state index in [2.05, 4.69) is 15.3 Å². The average molecular weight is 370 g/mol. The van der Waals surface area contributed by atoms with Crippen molar-refractivity contribution in [2.45, 2.75) is 0 Å². The summed E-state index contributed by atoms with van der Waals surface area (Å²) in [7, 11) is 0. The number of hydrogen-bond acceptors (Lipinski definition) is 5. The van der Waals surface area contributed by atoms with Crippen LogP contribution in [0, 0.1) is 0 Å². The summed E-state index contributed by atoms with van der Waals surface area (Å²) in [6.45, 7) is 0. The summed E-state index contributed by atoms with van der Waals surface area (Å²) < 4.78 is 0. The van der Waals surface area contributed by atoms with E-state index in [4.69, 9.17) is 23.1 Å². The lowest BCUT2D eigenvalue weighted by Crippen LogP contribution is -2.12. The Morgan fingerprint density at radius 3 is 2.08 bits per heavy atom. The Hall–Kier alpha value is -3.45. The third-order valence-corrected chi connectivity index (χ3v) is 3.36. The topological polar surface area (TPSA) is 124 Å². The third-order valence-electron chi connectivity index (χ3n) is 3.11. The summed E-state index contributed by atoms with van der Waals surface area (Å²) in [5.74, 6) is -0.340. The first-order chi connectivity index (χ1) is 12.5. The SMILES string of the molecule is NC(=O)c1ccncc1.Nc1cc(C(=O)Nc2ccc(Cl)cc2)ccn1. The maximum atomic E-state index is 11.8. The van der Waals surface area contributed by atoms with Gasteiger partial charge in [0.1, 0.15) is 5.82 Å². The van der Waals surface area contributed by atoms with E-state index in [-0.39, 0.29) is 5.91 Å². The molecule has 0 atom stereocenters. The third kappa shape index (κ3) is 5.88. The van der Waals surface area contributed by atoms with Crippen LogP contribution in [0.1, 0.15) is 20.7 Å². The zero-order chi connectivity index (χ0) is 18.9. The lowest BCUT2D eigenvalue weighted by atomic mass is 10.2. The van der Waals surface area contributed by atoms with Crippen molar-refractivity contribution < 1.29 is 9.59 Å². The van der Waals surface area contributed by atoms with Crippen molar-refractivity contribution in [2.75, 3.05) is 11.1 Å². The molecule has 1 aromatic carbocycles. The average Bonchev–Trinajstić information content (AvgIpc) is 2.65. The van der Waals surface area contributed by atoms with Crippen molar-refractivity contribution in [1.29, 1.82) is 0 Å². The number of carbonyl (C=O) groups is 2. The molecular weight excluding hydrogens is 354 g/mol. The number of nitrogens with one attached hydrogen (secondary N) is 1. The number of nitrogens with zero attached hydrogens (tertiary/aromatic N) is 2. The van der Waals surface area contributed by atoms with Crippen LogP contribution in [-0.4, -0.2) is 21.8 Å². The summed E-state index contributed by atoms with van der Waals surface area (Å²) in [6.07, 6.45) is 4.55. The quantitative estimate of drug-likeness (QED) is 0.654. The first kappa shape index (κ1) is 18.9. The summed E-state index contributed by atoms with van der Waals surface area (Å²) in [5.41, 5.74) is 12.1. The molecule has 26 heavy (non-hydrogen) atoms. The first-order valence-corrected chi connectivity index (χ1v) is 7.82. The molecule has 0 spiro atoms. The fourth-order valence-corrected chi connectivity index (χ4v) is 1.97. The smallest absolute Gasteiger partial charge is 0.255 e. The highest BCUT2D eigenvalue weighted by atomic mass is 35.5. The van der Waals surface area contributed by atoms with Crippen molar-refractivity contribution in [1.82, 2.24) is 9.97 Å². The van der Waals surface area contributed by atoms with Crippen LogP contribution in [0.25, 0.3) is 0 Å². The number of amides is 2. The van der Waals surface area contributed by atoms with Crippen molar-refractivity contribution in [2.24, 2.45) is 5.73 Å². The van der Waals surface area contributed by atoms with Crippen LogP contribution >= 0.6 is 11.6 Å². The summed E-state index contributed by atoms with van der Waals surface area (Å²) in [4.78, 5) is 29.8. The Kier molecular flexibility index (Phi) is 6.64. The van der Waals surface area contributed by atoms with Crippen molar-refractivity contribution >= 4 is 34.9 Å². The number of benzene rings is 1. The number of hydrogen-bond donors (Lipinski definition) is 3. The normalized spacial score (nSPS) is 9.58. The van der Waals surface area contributed by atoms with Gasteiger partial charge in [-0.1, -0.05) is 11.6 Å². The van der Waals surface area contributed by atoms with Gasteiger partial charge in [0.25, 0.3) is 5.91 Å². The van der Waals surface area contributed by atoms with Crippen LogP contribution in [0.2, 0.25) is 5.02 Å². The van der Waals surface area contributed by atoms with Crippen molar-refractivity contribution in [3.63, 3.8) is 0 Å². The number of rotatable bonds is 3. The minimum absolute atomic E-state index is 0.235. The summed E-state index contributed by atoms with van der Waals surface area (Å²) in [6, 6.07) is 13.1. The van der Waals surface area contributed by atoms with E-state index < -0.39 is 5.91 Å². The predicted molar refractivity (Wildman–Crippen MR) is 101 cm³/mol. The Bertz CT molecular complexity index is 886. The molecule has 2 heterocycles. The lowest BCUT2D eigenvalue weighted by Gasteiger charge is -2.05. The molecule has 0 saturated heterocycles. The van der Waals surface area contributed by atoms with E-state index in [0.717, 1.165) is 0 Å². The Morgan fingerprint density at radius 1 is 0.923 bits per heavy atom. The Balaban J connectivity index is 0.000000228. The molecule has 0 fully saturated rings. The minimum atomic E-state index is -0.419. The Morgan fingerprint density at radius 2 is 1.54 bits per heavy atom. The lowest BCUT2D eigenvalue weighted by molar-refractivity contribution is 0.0997. The number of anilines is 2. The standard InChI is InChI=1S/C12H10ClN3O.C6H6N2O/c13-9-1-3-10(4-2-9)16-12(17)8-5-6-15-11(14)7-8;7-6(9)5-1-3-8-4-2-5/h1-7H,(H2,14,15)(H,16,17);1-4H,(H2,7,9). The molecule has 0 aliphatic carbocycles. The van der Waals surface area contributed by atoms with Gasteiger partial charge in [0.15, 0.2) is 0 Å². The van der Waals surface area contributed by atoms with E-state index in [9.17, 15) is 9.59 Å². The molecule has 0 saturated carbocycles. The van der Waals surface area contributed by atoms with Crippen molar-refractivity contribution in [3.8, 4) is 0 Å². The Labute approximate surface area is 155 Å². The number of pyridine rings is 2. The minimum Gasteiger partial charge on any atom is -0.384 e. The molecule has 8 heteroatoms. The van der Waals surface area contributed by atoms with Gasteiger partial charge in [0.05, 0.1) is 0 Å². The van der Waals surface area contributed by atoms with Crippen LogP contribution in [0.15, 0.2) is 67.1 Å². The largest absolute Gasteiger partial charge is 0.384 e. The highest BCUT2D eigenvalue weighted by molar-refractivity contribution is 6.30. The highest BCUT2D eigenvalue weighted by Gasteiger charge is 2.06. The highest BCUT2D eigenvalue weighted by Crippen LogP contribution is 2.14. The fourth-order valence-electron chi connectivity index (χ4n) is 1.84. The number of carbonyl (C=O) groups excluding carboxylic acids is 2. The first-order valence-electron chi connectivity index (χ1n) is 7.44. The van der Waals surface area contributed by atoms with E-state index >= 15 is 0 Å². The molecule has 3 aromatic rings. The van der Waals surface area contributed by atoms with Crippen LogP contribution in [0.3, 0.4) is 0 Å². The van der Waals surface area contributed by atoms with Crippen LogP contribution in [0.5, 0.6) is 0 Å². The van der Waals surface area contributed by atoms with E-state index in [0.29, 0.717) is 27.7 Å². The van der Waals surface area contributed by atoms with Gasteiger partial charge in [-0.3, -0.25) is 14.6 Å². The van der Waals surface area contributed by atoms with Gasteiger partial charge in [-0.05, 0) is 48.5 Å². The summed E-state index contributed by atoms with van der Waals surface area (Å²) >= 11 is 5.75. The van der Waals surface area contributed by atoms with Crippen LogP contribution < -0.4 is 16.8 Å². The van der Waals surface area contributed by atoms with Gasteiger partial charge in [0.2, 0.25) is 5.91 Å². The molecule has 0 radical (unpaired) electrons. The van der Waals surface area contributed by atoms with Gasteiger partial charge in [0, 0.05) is 40.4 Å². The molecule has 7 nitrogen and oxygen atoms in total. The molecule has 0 bridgehead atoms. The molecule has 3 rings (SSSR count). The van der Waals surface area contributed by atoms with Crippen LogP contribution in [-0.2, 0) is 0 Å². The second-order valence-corrected chi connectivity index (χ2v) is 5.47. The number of nitrogens with two attached hydrogens (primary N) is 2. The zero-order valence-corrected chi connectivity index (χ0v) is 14.4. The zero-order valence-electron chi connectivity index (χ0n) is 13.6. The number of nitrogen functional groups attached to an aromatic ring is 1. The second kappa shape index (κ2) is 9.14. The molecule has 2 amide bonds. The van der Waals surface area contributed by atoms with Gasteiger partial charge in [-0.25, -0.2) is 4.98 Å². The molecule has 0 aliphatic heterocycles. The monoisotopic (exact) mass is 369 g/mol. The number of aromatic nitrogens is 2. The van der Waals surface area contributed by atoms with Gasteiger partial charge in [-0.15, -0.1) is 0 Å². The predicted octanol–water partition coefficient (Wildman–Crippen LogP) is 2.75.